The second-order valence-electron chi connectivity index (χ2n) is 4.42. The summed E-state index contributed by atoms with van der Waals surface area (Å²) in [6, 6.07) is 7.17. The molecule has 0 aliphatic rings. The third-order valence-corrected chi connectivity index (χ3v) is 2.72. The van der Waals surface area contributed by atoms with E-state index in [-0.39, 0.29) is 17.2 Å². The van der Waals surface area contributed by atoms with Crippen molar-refractivity contribution in [2.45, 2.75) is 6.92 Å². The zero-order valence-corrected chi connectivity index (χ0v) is 11.2. The van der Waals surface area contributed by atoms with Crippen LogP contribution in [0.1, 0.15) is 21.7 Å². The Morgan fingerprint density at radius 1 is 1.29 bits per heavy atom. The molecule has 108 valence electrons. The molecule has 2 aromatic rings. The van der Waals surface area contributed by atoms with Crippen molar-refractivity contribution in [1.29, 1.82) is 0 Å². The van der Waals surface area contributed by atoms with Gasteiger partial charge in [0.25, 0.3) is 0 Å². The largest absolute Gasteiger partial charge is 0.477 e. The number of carboxylic acids is 1. The zero-order chi connectivity index (χ0) is 15.4. The number of nitrogens with one attached hydrogen (secondary N) is 2. The van der Waals surface area contributed by atoms with Gasteiger partial charge in [0.15, 0.2) is 0 Å². The van der Waals surface area contributed by atoms with Crippen molar-refractivity contribution in [3.63, 3.8) is 0 Å². The molecule has 21 heavy (non-hydrogen) atoms. The van der Waals surface area contributed by atoms with E-state index in [0.29, 0.717) is 11.3 Å². The Kier molecular flexibility index (Phi) is 4.18. The van der Waals surface area contributed by atoms with Crippen LogP contribution in [0.4, 0.5) is 10.1 Å². The first-order valence-corrected chi connectivity index (χ1v) is 6.13. The van der Waals surface area contributed by atoms with Crippen LogP contribution in [0, 0.1) is 12.7 Å². The lowest BCUT2D eigenvalue weighted by Gasteiger charge is -2.00. The number of carboxylic acid groups (broad SMARTS) is 1. The van der Waals surface area contributed by atoms with Crippen LogP contribution < -0.4 is 5.32 Å². The number of rotatable bonds is 4. The molecular weight excluding hydrogens is 275 g/mol. The molecule has 0 saturated heterocycles. The van der Waals surface area contributed by atoms with Crippen LogP contribution in [0.3, 0.4) is 0 Å². The number of aromatic nitrogens is 1. The molecule has 0 radical (unpaired) electrons. The summed E-state index contributed by atoms with van der Waals surface area (Å²) in [5.41, 5.74) is 1.42. The first-order chi connectivity index (χ1) is 9.95. The van der Waals surface area contributed by atoms with Crippen molar-refractivity contribution in [1.82, 2.24) is 4.98 Å². The number of aromatic amines is 1. The summed E-state index contributed by atoms with van der Waals surface area (Å²) >= 11 is 0. The number of carbonyl (C=O) groups excluding carboxylic acids is 1. The fraction of sp³-hybridized carbons (Fsp3) is 0.0667. The van der Waals surface area contributed by atoms with E-state index in [1.807, 2.05) is 0 Å². The number of anilines is 1. The Hall–Kier alpha value is -2.89. The summed E-state index contributed by atoms with van der Waals surface area (Å²) < 4.78 is 12.7. The number of H-pyrrole nitrogens is 1. The molecule has 6 heteroatoms. The average molecular weight is 288 g/mol. The number of aryl methyl sites for hydroxylation is 1. The quantitative estimate of drug-likeness (QED) is 0.756. The van der Waals surface area contributed by atoms with Crippen molar-refractivity contribution in [2.24, 2.45) is 0 Å². The van der Waals surface area contributed by atoms with Gasteiger partial charge in [-0.3, -0.25) is 4.79 Å². The molecule has 0 aliphatic heterocycles. The van der Waals surface area contributed by atoms with Gasteiger partial charge in [-0.1, -0.05) is 12.1 Å². The number of amides is 1. The van der Waals surface area contributed by atoms with Gasteiger partial charge < -0.3 is 15.4 Å². The lowest BCUT2D eigenvalue weighted by molar-refractivity contribution is -0.111. The molecule has 0 aliphatic carbocycles. The van der Waals surface area contributed by atoms with Crippen LogP contribution in [0.2, 0.25) is 0 Å². The lowest BCUT2D eigenvalue weighted by Crippen LogP contribution is -2.10. The molecule has 2 rings (SSSR count). The van der Waals surface area contributed by atoms with E-state index in [4.69, 9.17) is 5.11 Å². The highest BCUT2D eigenvalue weighted by molar-refractivity contribution is 6.05. The van der Waals surface area contributed by atoms with E-state index in [1.165, 1.54) is 42.5 Å². The smallest absolute Gasteiger partial charge is 0.354 e. The second-order valence-corrected chi connectivity index (χ2v) is 4.42. The maximum atomic E-state index is 12.7. The fourth-order valence-corrected chi connectivity index (χ4v) is 1.78. The second kappa shape index (κ2) is 6.04. The standard InChI is InChI=1S/C15H13FN2O3/c1-9-8-12(14(17-9)15(20)21)18-13(19)7-4-10-2-5-11(16)6-3-10/h2-8,17H,1H3,(H,18,19)(H,20,21)/b7-4+. The summed E-state index contributed by atoms with van der Waals surface area (Å²) in [6.45, 7) is 1.69. The van der Waals surface area contributed by atoms with Crippen LogP contribution in [-0.4, -0.2) is 22.0 Å². The van der Waals surface area contributed by atoms with E-state index in [9.17, 15) is 14.0 Å². The molecule has 1 aromatic heterocycles. The first-order valence-electron chi connectivity index (χ1n) is 6.13. The van der Waals surface area contributed by atoms with Crippen molar-refractivity contribution in [2.75, 3.05) is 5.32 Å². The highest BCUT2D eigenvalue weighted by atomic mass is 19.1. The summed E-state index contributed by atoms with van der Waals surface area (Å²) in [7, 11) is 0. The minimum Gasteiger partial charge on any atom is -0.477 e. The molecule has 1 heterocycles. The number of aromatic carboxylic acids is 1. The van der Waals surface area contributed by atoms with Crippen molar-refractivity contribution >= 4 is 23.6 Å². The first kappa shape index (κ1) is 14.5. The summed E-state index contributed by atoms with van der Waals surface area (Å²) in [5, 5.41) is 11.5. The normalized spacial score (nSPS) is 10.8. The van der Waals surface area contributed by atoms with Crippen LogP contribution in [0.25, 0.3) is 6.08 Å². The van der Waals surface area contributed by atoms with Gasteiger partial charge >= 0.3 is 5.97 Å². The number of hydrogen-bond acceptors (Lipinski definition) is 2. The van der Waals surface area contributed by atoms with Crippen molar-refractivity contribution in [3.8, 4) is 0 Å². The maximum absolute atomic E-state index is 12.7. The van der Waals surface area contributed by atoms with Gasteiger partial charge in [-0.2, -0.15) is 0 Å². The SMILES string of the molecule is Cc1cc(NC(=O)/C=C/c2ccc(F)cc2)c(C(=O)O)[nH]1. The van der Waals surface area contributed by atoms with Gasteiger partial charge in [0.2, 0.25) is 5.91 Å². The summed E-state index contributed by atoms with van der Waals surface area (Å²) in [5.74, 6) is -1.98. The van der Waals surface area contributed by atoms with Crippen molar-refractivity contribution in [3.05, 3.63) is 59.2 Å². The average Bonchev–Trinajstić information content (AvgIpc) is 2.79. The van der Waals surface area contributed by atoms with Gasteiger partial charge in [0, 0.05) is 11.8 Å². The summed E-state index contributed by atoms with van der Waals surface area (Å²) in [4.78, 5) is 25.4. The van der Waals surface area contributed by atoms with Crippen LogP contribution in [-0.2, 0) is 4.79 Å². The Bertz CT molecular complexity index is 702. The predicted molar refractivity (Wildman–Crippen MR) is 76.6 cm³/mol. The molecule has 1 aromatic carbocycles. The molecule has 0 spiro atoms. The molecule has 3 N–H and O–H groups in total. The molecule has 0 unspecified atom stereocenters. The molecular formula is C15H13FN2O3. The van der Waals surface area contributed by atoms with E-state index >= 15 is 0 Å². The third-order valence-electron chi connectivity index (χ3n) is 2.72. The monoisotopic (exact) mass is 288 g/mol. The van der Waals surface area contributed by atoms with Crippen LogP contribution >= 0.6 is 0 Å². The van der Waals surface area contributed by atoms with E-state index in [1.54, 1.807) is 6.92 Å². The Balaban J connectivity index is 2.08. The Morgan fingerprint density at radius 3 is 2.57 bits per heavy atom. The third kappa shape index (κ3) is 3.79. The zero-order valence-electron chi connectivity index (χ0n) is 11.2. The van der Waals surface area contributed by atoms with Gasteiger partial charge in [0.05, 0.1) is 5.69 Å². The molecule has 0 atom stereocenters. The summed E-state index contributed by atoms with van der Waals surface area (Å²) in [6.07, 6.45) is 2.76. The van der Waals surface area contributed by atoms with Gasteiger partial charge in [0.1, 0.15) is 11.5 Å². The molecule has 0 bridgehead atoms. The topological polar surface area (TPSA) is 82.2 Å². The van der Waals surface area contributed by atoms with Crippen LogP contribution in [0.15, 0.2) is 36.4 Å². The van der Waals surface area contributed by atoms with Gasteiger partial charge in [-0.15, -0.1) is 0 Å². The lowest BCUT2D eigenvalue weighted by atomic mass is 10.2. The maximum Gasteiger partial charge on any atom is 0.354 e. The molecule has 0 saturated carbocycles. The Morgan fingerprint density at radius 2 is 1.95 bits per heavy atom. The number of halogens is 1. The predicted octanol–water partition coefficient (Wildman–Crippen LogP) is 2.81. The van der Waals surface area contributed by atoms with Crippen molar-refractivity contribution < 1.29 is 19.1 Å². The number of benzene rings is 1. The van der Waals surface area contributed by atoms with E-state index < -0.39 is 11.9 Å². The van der Waals surface area contributed by atoms with Gasteiger partial charge in [-0.25, -0.2) is 9.18 Å². The van der Waals surface area contributed by atoms with Crippen LogP contribution in [0.5, 0.6) is 0 Å². The minimum absolute atomic E-state index is 0.0731. The van der Waals surface area contributed by atoms with E-state index in [0.717, 1.165) is 0 Å². The van der Waals surface area contributed by atoms with E-state index in [2.05, 4.69) is 10.3 Å². The number of hydrogen-bond donors (Lipinski definition) is 3. The van der Waals surface area contributed by atoms with Gasteiger partial charge in [-0.05, 0) is 36.8 Å². The fourth-order valence-electron chi connectivity index (χ4n) is 1.78. The number of carbonyl (C=O) groups is 2. The Labute approximate surface area is 120 Å². The molecule has 0 fully saturated rings. The molecule has 5 nitrogen and oxygen atoms in total. The molecule has 1 amide bonds. The highest BCUT2D eigenvalue weighted by Crippen LogP contribution is 2.17. The highest BCUT2D eigenvalue weighted by Gasteiger charge is 2.14. The minimum atomic E-state index is -1.15.